The molecule has 0 fully saturated rings. The van der Waals surface area contributed by atoms with Crippen molar-refractivity contribution in [2.24, 2.45) is 7.05 Å². The summed E-state index contributed by atoms with van der Waals surface area (Å²) in [5, 5.41) is 3.53. The lowest BCUT2D eigenvalue weighted by molar-refractivity contribution is 0.488. The van der Waals surface area contributed by atoms with E-state index in [1.165, 1.54) is 11.1 Å². The molecule has 0 aliphatic carbocycles. The number of aryl methyl sites for hydroxylation is 2. The number of benzene rings is 1. The molecule has 0 bridgehead atoms. The fourth-order valence-electron chi connectivity index (χ4n) is 2.47. The van der Waals surface area contributed by atoms with Gasteiger partial charge in [-0.1, -0.05) is 19.9 Å². The van der Waals surface area contributed by atoms with Gasteiger partial charge in [0, 0.05) is 19.1 Å². The maximum Gasteiger partial charge on any atom is 0.106 e. The highest BCUT2D eigenvalue weighted by Gasteiger charge is 2.08. The van der Waals surface area contributed by atoms with Gasteiger partial charge >= 0.3 is 0 Å². The summed E-state index contributed by atoms with van der Waals surface area (Å²) in [6, 6.07) is 7.61. The van der Waals surface area contributed by atoms with Gasteiger partial charge < -0.3 is 9.88 Å². The first-order valence-corrected chi connectivity index (χ1v) is 6.65. The van der Waals surface area contributed by atoms with Crippen molar-refractivity contribution >= 4 is 11.0 Å². The molecule has 0 radical (unpaired) electrons. The lowest BCUT2D eigenvalue weighted by atomic mass is 10.1. The van der Waals surface area contributed by atoms with Gasteiger partial charge in [0.05, 0.1) is 11.0 Å². The molecule has 3 nitrogen and oxygen atoms in total. The normalized spacial score (nSPS) is 13.4. The summed E-state index contributed by atoms with van der Waals surface area (Å²) < 4.78 is 2.13. The molecule has 1 heterocycles. The second-order valence-electron chi connectivity index (χ2n) is 5.47. The number of hydrogen-bond donors (Lipinski definition) is 1. The molecule has 1 N–H and O–H groups in total. The van der Waals surface area contributed by atoms with Gasteiger partial charge in [-0.2, -0.15) is 0 Å². The maximum atomic E-state index is 4.58. The molecule has 3 heteroatoms. The van der Waals surface area contributed by atoms with E-state index in [1.807, 2.05) is 6.92 Å². The van der Waals surface area contributed by atoms with Crippen LogP contribution in [0.3, 0.4) is 0 Å². The Balaban J connectivity index is 2.20. The molecule has 98 valence electrons. The Morgan fingerprint density at radius 2 is 2.00 bits per heavy atom. The van der Waals surface area contributed by atoms with Crippen LogP contribution >= 0.6 is 0 Å². The van der Waals surface area contributed by atoms with E-state index >= 15 is 0 Å². The Labute approximate surface area is 109 Å². The first kappa shape index (κ1) is 13.1. The minimum absolute atomic E-state index is 0.493. The van der Waals surface area contributed by atoms with Gasteiger partial charge in [-0.3, -0.25) is 0 Å². The highest BCUT2D eigenvalue weighted by Crippen LogP contribution is 2.17. The van der Waals surface area contributed by atoms with Crippen LogP contribution in [-0.4, -0.2) is 21.6 Å². The lowest BCUT2D eigenvalue weighted by Gasteiger charge is -2.16. The summed E-state index contributed by atoms with van der Waals surface area (Å²) in [6.45, 7) is 8.64. The summed E-state index contributed by atoms with van der Waals surface area (Å²) in [7, 11) is 2.06. The molecule has 0 aliphatic heterocycles. The molecule has 0 saturated carbocycles. The van der Waals surface area contributed by atoms with Crippen LogP contribution in [0.1, 0.15) is 32.2 Å². The smallest absolute Gasteiger partial charge is 0.106 e. The third-order valence-electron chi connectivity index (χ3n) is 3.33. The summed E-state index contributed by atoms with van der Waals surface area (Å²) in [4.78, 5) is 4.58. The second-order valence-corrected chi connectivity index (χ2v) is 5.47. The summed E-state index contributed by atoms with van der Waals surface area (Å²) in [5.74, 6) is 1.07. The van der Waals surface area contributed by atoms with E-state index < -0.39 is 0 Å². The number of nitrogens with zero attached hydrogens (tertiary/aromatic N) is 2. The SMILES string of the molecule is Cc1nc2cc(CC(C)NC(C)C)ccc2n1C. The van der Waals surface area contributed by atoms with E-state index in [0.29, 0.717) is 12.1 Å². The molecular formula is C15H23N3. The zero-order chi connectivity index (χ0) is 13.3. The average Bonchev–Trinajstić information content (AvgIpc) is 2.53. The number of aromatic nitrogens is 2. The molecule has 1 aromatic heterocycles. The van der Waals surface area contributed by atoms with Crippen molar-refractivity contribution in [3.05, 3.63) is 29.6 Å². The highest BCUT2D eigenvalue weighted by atomic mass is 15.0. The van der Waals surface area contributed by atoms with E-state index in [0.717, 1.165) is 17.8 Å². The van der Waals surface area contributed by atoms with Gasteiger partial charge in [0.15, 0.2) is 0 Å². The van der Waals surface area contributed by atoms with Gasteiger partial charge in [-0.15, -0.1) is 0 Å². The monoisotopic (exact) mass is 245 g/mol. The Morgan fingerprint density at radius 1 is 1.28 bits per heavy atom. The Morgan fingerprint density at radius 3 is 2.67 bits per heavy atom. The van der Waals surface area contributed by atoms with Crippen LogP contribution in [-0.2, 0) is 13.5 Å². The standard InChI is InChI=1S/C15H23N3/c1-10(2)16-11(3)8-13-6-7-15-14(9-13)17-12(4)18(15)5/h6-7,9-11,16H,8H2,1-5H3. The van der Waals surface area contributed by atoms with E-state index in [4.69, 9.17) is 0 Å². The van der Waals surface area contributed by atoms with Crippen molar-refractivity contribution in [3.63, 3.8) is 0 Å². The molecule has 0 amide bonds. The summed E-state index contributed by atoms with van der Waals surface area (Å²) in [6.07, 6.45) is 1.05. The van der Waals surface area contributed by atoms with Crippen LogP contribution < -0.4 is 5.32 Å². The Bertz CT molecular complexity index is 540. The molecule has 0 aliphatic rings. The van der Waals surface area contributed by atoms with Crippen molar-refractivity contribution in [2.45, 2.75) is 46.2 Å². The predicted octanol–water partition coefficient (Wildman–Crippen LogP) is 2.81. The second kappa shape index (κ2) is 5.11. The average molecular weight is 245 g/mol. The van der Waals surface area contributed by atoms with Crippen molar-refractivity contribution in [2.75, 3.05) is 0 Å². The number of imidazole rings is 1. The van der Waals surface area contributed by atoms with E-state index in [1.54, 1.807) is 0 Å². The number of hydrogen-bond acceptors (Lipinski definition) is 2. The van der Waals surface area contributed by atoms with Gasteiger partial charge in [0.2, 0.25) is 0 Å². The zero-order valence-corrected chi connectivity index (χ0v) is 12.0. The van der Waals surface area contributed by atoms with Crippen LogP contribution in [0.25, 0.3) is 11.0 Å². The fourth-order valence-corrected chi connectivity index (χ4v) is 2.47. The minimum atomic E-state index is 0.493. The van der Waals surface area contributed by atoms with Crippen molar-refractivity contribution in [1.82, 2.24) is 14.9 Å². The molecule has 1 atom stereocenters. The number of nitrogens with one attached hydrogen (secondary N) is 1. The van der Waals surface area contributed by atoms with Crippen LogP contribution in [0.4, 0.5) is 0 Å². The number of fused-ring (bicyclic) bond motifs is 1. The van der Waals surface area contributed by atoms with E-state index in [-0.39, 0.29) is 0 Å². The Kier molecular flexibility index (Phi) is 3.71. The van der Waals surface area contributed by atoms with Gasteiger partial charge in [0.25, 0.3) is 0 Å². The quantitative estimate of drug-likeness (QED) is 0.897. The van der Waals surface area contributed by atoms with Crippen molar-refractivity contribution < 1.29 is 0 Å². The zero-order valence-electron chi connectivity index (χ0n) is 12.0. The molecule has 1 unspecified atom stereocenters. The van der Waals surface area contributed by atoms with E-state index in [9.17, 15) is 0 Å². The summed E-state index contributed by atoms with van der Waals surface area (Å²) >= 11 is 0. The third kappa shape index (κ3) is 2.72. The topological polar surface area (TPSA) is 29.9 Å². The third-order valence-corrected chi connectivity index (χ3v) is 3.33. The molecule has 2 aromatic rings. The van der Waals surface area contributed by atoms with Gasteiger partial charge in [-0.05, 0) is 38.0 Å². The molecule has 2 rings (SSSR count). The lowest BCUT2D eigenvalue weighted by Crippen LogP contribution is -2.33. The molecule has 0 saturated heterocycles. The van der Waals surface area contributed by atoms with Crippen LogP contribution in [0.5, 0.6) is 0 Å². The first-order valence-electron chi connectivity index (χ1n) is 6.65. The largest absolute Gasteiger partial charge is 0.331 e. The molecule has 0 spiro atoms. The van der Waals surface area contributed by atoms with Crippen LogP contribution in [0.2, 0.25) is 0 Å². The summed E-state index contributed by atoms with van der Waals surface area (Å²) in [5.41, 5.74) is 3.66. The highest BCUT2D eigenvalue weighted by molar-refractivity contribution is 5.76. The van der Waals surface area contributed by atoms with Crippen LogP contribution in [0.15, 0.2) is 18.2 Å². The maximum absolute atomic E-state index is 4.58. The van der Waals surface area contributed by atoms with Crippen molar-refractivity contribution in [1.29, 1.82) is 0 Å². The van der Waals surface area contributed by atoms with Crippen molar-refractivity contribution in [3.8, 4) is 0 Å². The first-order chi connectivity index (χ1) is 8.47. The molecule has 18 heavy (non-hydrogen) atoms. The fraction of sp³-hybridized carbons (Fsp3) is 0.533. The van der Waals surface area contributed by atoms with Gasteiger partial charge in [-0.25, -0.2) is 4.98 Å². The molecule has 1 aromatic carbocycles. The number of rotatable bonds is 4. The predicted molar refractivity (Wildman–Crippen MR) is 76.9 cm³/mol. The van der Waals surface area contributed by atoms with Crippen LogP contribution in [0, 0.1) is 6.92 Å². The minimum Gasteiger partial charge on any atom is -0.331 e. The molecular weight excluding hydrogens is 222 g/mol. The Hall–Kier alpha value is -1.35. The van der Waals surface area contributed by atoms with Gasteiger partial charge in [0.1, 0.15) is 5.82 Å². The van der Waals surface area contributed by atoms with E-state index in [2.05, 4.69) is 60.9 Å².